The van der Waals surface area contributed by atoms with Gasteiger partial charge in [-0.25, -0.2) is 9.59 Å². The molecule has 62 heavy (non-hydrogen) atoms. The van der Waals surface area contributed by atoms with Crippen LogP contribution in [0.15, 0.2) is 96.3 Å². The predicted octanol–water partition coefficient (Wildman–Crippen LogP) is 3.13. The van der Waals surface area contributed by atoms with Gasteiger partial charge in [0.15, 0.2) is 23.6 Å². The Morgan fingerprint density at radius 1 is 0.871 bits per heavy atom. The third-order valence-corrected chi connectivity index (χ3v) is 13.4. The van der Waals surface area contributed by atoms with Crippen molar-refractivity contribution in [2.45, 2.75) is 108 Å². The first-order chi connectivity index (χ1) is 29.3. The highest BCUT2D eigenvalue weighted by molar-refractivity contribution is 5.96. The van der Waals surface area contributed by atoms with E-state index in [-0.39, 0.29) is 35.3 Å². The highest BCUT2D eigenvalue weighted by Crippen LogP contribution is 2.64. The van der Waals surface area contributed by atoms with Gasteiger partial charge in [0, 0.05) is 50.1 Å². The van der Waals surface area contributed by atoms with Gasteiger partial charge in [-0.3, -0.25) is 24.2 Å². The number of carbonyl (C=O) groups excluding carboxylic acids is 6. The third-order valence-electron chi connectivity index (χ3n) is 13.4. The summed E-state index contributed by atoms with van der Waals surface area (Å²) in [6.45, 7) is 7.92. The van der Waals surface area contributed by atoms with E-state index in [1.807, 2.05) is 0 Å². The number of pyridine rings is 1. The zero-order valence-electron chi connectivity index (χ0n) is 35.1. The molecule has 2 saturated carbocycles. The first-order valence-corrected chi connectivity index (χ1v) is 20.3. The predicted molar refractivity (Wildman–Crippen MR) is 215 cm³/mol. The van der Waals surface area contributed by atoms with Crippen molar-refractivity contribution in [2.24, 2.45) is 16.7 Å². The molecule has 0 spiro atoms. The smallest absolute Gasteiger partial charge is 0.338 e. The first-order valence-electron chi connectivity index (χ1n) is 20.3. The van der Waals surface area contributed by atoms with Crippen molar-refractivity contribution in [2.75, 3.05) is 6.61 Å². The van der Waals surface area contributed by atoms with Gasteiger partial charge < -0.3 is 44.3 Å². The number of aliphatic hydroxyl groups excluding tert-OH is 2. The Kier molecular flexibility index (Phi) is 11.8. The maximum Gasteiger partial charge on any atom is 0.338 e. The Morgan fingerprint density at radius 3 is 2.08 bits per heavy atom. The lowest BCUT2D eigenvalue weighted by atomic mass is 9.44. The molecule has 3 aromatic rings. The molecule has 1 aromatic heterocycles. The molecule has 4 N–H and O–H groups in total. The number of nitrogens with zero attached hydrogens (tertiary/aromatic N) is 1. The summed E-state index contributed by atoms with van der Waals surface area (Å²) in [4.78, 5) is 87.4. The van der Waals surface area contributed by atoms with Crippen molar-refractivity contribution in [3.8, 4) is 0 Å². The van der Waals surface area contributed by atoms with Gasteiger partial charge in [0.05, 0.1) is 35.6 Å². The molecule has 2 aromatic carbocycles. The van der Waals surface area contributed by atoms with E-state index in [0.717, 1.165) is 13.8 Å². The quantitative estimate of drug-likeness (QED) is 0.130. The molecule has 2 bridgehead atoms. The average Bonchev–Trinajstić information content (AvgIpc) is 3.24. The van der Waals surface area contributed by atoms with Crippen LogP contribution in [0.1, 0.15) is 86.7 Å². The molecule has 3 aliphatic carbocycles. The van der Waals surface area contributed by atoms with Crippen LogP contribution >= 0.6 is 0 Å². The van der Waals surface area contributed by atoms with Crippen LogP contribution in [0.2, 0.25) is 0 Å². The van der Waals surface area contributed by atoms with E-state index in [9.17, 15) is 39.3 Å². The van der Waals surface area contributed by atoms with Gasteiger partial charge in [-0.05, 0) is 54.8 Å². The molecule has 11 atom stereocenters. The molecule has 328 valence electrons. The molecule has 7 rings (SSSR count). The van der Waals surface area contributed by atoms with Gasteiger partial charge in [0.2, 0.25) is 0 Å². The number of nitrogens with one attached hydrogen (secondary N) is 1. The number of aromatic nitrogens is 1. The monoisotopic (exact) mass is 854 g/mol. The van der Waals surface area contributed by atoms with Gasteiger partial charge in [-0.2, -0.15) is 0 Å². The van der Waals surface area contributed by atoms with E-state index in [1.165, 1.54) is 38.4 Å². The Morgan fingerprint density at radius 2 is 1.50 bits per heavy atom. The number of hydrogen-bond acceptors (Lipinski definition) is 15. The summed E-state index contributed by atoms with van der Waals surface area (Å²) in [7, 11) is 0. The number of ether oxygens (including phenoxy) is 5. The summed E-state index contributed by atoms with van der Waals surface area (Å²) >= 11 is 0. The lowest BCUT2D eigenvalue weighted by Gasteiger charge is -2.67. The Hall–Kier alpha value is -5.81. The molecule has 1 aliphatic heterocycles. The number of hydrogen-bond donors (Lipinski definition) is 4. The van der Waals surface area contributed by atoms with Crippen molar-refractivity contribution >= 4 is 35.6 Å². The lowest BCUT2D eigenvalue weighted by molar-refractivity contribution is -0.346. The largest absolute Gasteiger partial charge is 0.456 e. The van der Waals surface area contributed by atoms with Gasteiger partial charge in [0.25, 0.3) is 5.91 Å². The highest BCUT2D eigenvalue weighted by atomic mass is 16.6. The van der Waals surface area contributed by atoms with Crippen LogP contribution in [0.3, 0.4) is 0 Å². The molecule has 16 heteroatoms. The molecular weight excluding hydrogens is 805 g/mol. The van der Waals surface area contributed by atoms with Crippen molar-refractivity contribution in [3.05, 3.63) is 113 Å². The number of Topliss-reactive ketones (excluding diaryl/α,β-unsaturated/α-hetero) is 1. The SMILES string of the molecule is CC(=O)O[C@H]1C(=O)[C@]2(C)[C@@H](O)CC3OC[C@@]3(OC(C)=O)[C@H]2[C@H](OC(=O)c2ccncc2)[C@]2(O)C[C@H](OC(=O)[C@H](O)[C@@H](NC(=O)c3ccccc3)c3ccccc3)C(C)=C1C2(C)C. The summed E-state index contributed by atoms with van der Waals surface area (Å²) in [6, 6.07) is 17.8. The fourth-order valence-corrected chi connectivity index (χ4v) is 10.1. The van der Waals surface area contributed by atoms with Gasteiger partial charge >= 0.3 is 23.9 Å². The fourth-order valence-electron chi connectivity index (χ4n) is 10.1. The molecular formula is C46H50N2O14. The van der Waals surface area contributed by atoms with E-state index in [1.54, 1.807) is 74.5 Å². The standard InChI is InChI=1S/C46H50N2O14/c1-24-30(60-42(56)35(52)34(27-13-9-7-10-14-27)48-40(54)28-15-11-8-12-16-28)22-46(57)39(61-41(55)29-17-19-47-20-18-29)37-44(6,31(51)21-32-45(37,23-58-32)62-26(3)50)38(53)36(59-25(2)49)33(24)43(46,4)5/h7-20,30-32,34-37,39,51-52,57H,21-23H2,1-6H3,(H,48,54)/t30-,31-,32?,34-,35+,36+,37-,39-,44+,45-,46+/m0/s1. The molecule has 2 heterocycles. The summed E-state index contributed by atoms with van der Waals surface area (Å²) in [5.74, 6) is -6.93. The zero-order valence-corrected chi connectivity index (χ0v) is 35.1. The average molecular weight is 855 g/mol. The summed E-state index contributed by atoms with van der Waals surface area (Å²) in [5, 5.41) is 40.2. The minimum Gasteiger partial charge on any atom is -0.456 e. The Bertz CT molecular complexity index is 2290. The molecule has 3 fully saturated rings. The number of ketones is 1. The van der Waals surface area contributed by atoms with Gasteiger partial charge in [0.1, 0.15) is 23.9 Å². The summed E-state index contributed by atoms with van der Waals surface area (Å²) in [6.07, 6.45) is -7.90. The van der Waals surface area contributed by atoms with E-state index >= 15 is 4.79 Å². The van der Waals surface area contributed by atoms with Crippen LogP contribution in [0, 0.1) is 16.7 Å². The minimum atomic E-state index is -2.41. The molecule has 0 radical (unpaired) electrons. The van der Waals surface area contributed by atoms with Crippen molar-refractivity contribution in [1.82, 2.24) is 10.3 Å². The lowest BCUT2D eigenvalue weighted by Crippen LogP contribution is -2.82. The minimum absolute atomic E-state index is 0.00643. The summed E-state index contributed by atoms with van der Waals surface area (Å²) in [5.41, 5.74) is -7.16. The number of amides is 1. The number of aliphatic hydroxyl groups is 3. The number of rotatable bonds is 10. The van der Waals surface area contributed by atoms with Crippen LogP contribution in [-0.4, -0.2) is 110 Å². The topological polar surface area (TPSA) is 234 Å². The van der Waals surface area contributed by atoms with Crippen LogP contribution in [0.5, 0.6) is 0 Å². The molecule has 1 unspecified atom stereocenters. The van der Waals surface area contributed by atoms with Crippen molar-refractivity contribution in [1.29, 1.82) is 0 Å². The van der Waals surface area contributed by atoms with E-state index in [2.05, 4.69) is 10.3 Å². The van der Waals surface area contributed by atoms with Gasteiger partial charge in [-0.1, -0.05) is 62.4 Å². The fraction of sp³-hybridized carbons (Fsp3) is 0.457. The van der Waals surface area contributed by atoms with E-state index < -0.39 is 113 Å². The number of benzene rings is 2. The Labute approximate surface area is 357 Å². The van der Waals surface area contributed by atoms with Crippen LogP contribution in [-0.2, 0) is 42.9 Å². The summed E-state index contributed by atoms with van der Waals surface area (Å²) < 4.78 is 30.2. The first kappa shape index (κ1) is 44.3. The van der Waals surface area contributed by atoms with E-state index in [4.69, 9.17) is 23.7 Å². The number of esters is 4. The molecule has 1 amide bonds. The third kappa shape index (κ3) is 7.27. The van der Waals surface area contributed by atoms with Gasteiger partial charge in [-0.15, -0.1) is 0 Å². The second-order valence-corrected chi connectivity index (χ2v) is 17.2. The van der Waals surface area contributed by atoms with Crippen LogP contribution in [0.25, 0.3) is 0 Å². The van der Waals surface area contributed by atoms with Crippen molar-refractivity contribution in [3.63, 3.8) is 0 Å². The number of fused-ring (bicyclic) bond motifs is 5. The second-order valence-electron chi connectivity index (χ2n) is 17.2. The molecule has 1 saturated heterocycles. The zero-order chi connectivity index (χ0) is 44.9. The van der Waals surface area contributed by atoms with Crippen molar-refractivity contribution < 1.29 is 67.8 Å². The van der Waals surface area contributed by atoms with Crippen LogP contribution < -0.4 is 5.32 Å². The Balaban J connectivity index is 1.39. The molecule has 16 nitrogen and oxygen atoms in total. The maximum atomic E-state index is 15.5. The van der Waals surface area contributed by atoms with E-state index in [0.29, 0.717) is 5.56 Å². The normalized spacial score (nSPS) is 31.9. The second kappa shape index (κ2) is 16.5. The highest BCUT2D eigenvalue weighted by Gasteiger charge is 2.78. The molecule has 4 aliphatic rings. The maximum absolute atomic E-state index is 15.5. The number of carbonyl (C=O) groups is 6. The van der Waals surface area contributed by atoms with Crippen LogP contribution in [0.4, 0.5) is 0 Å².